The van der Waals surface area contributed by atoms with Gasteiger partial charge in [-0.25, -0.2) is 0 Å². The van der Waals surface area contributed by atoms with Gasteiger partial charge in [-0.3, -0.25) is 0 Å². The van der Waals surface area contributed by atoms with Crippen LogP contribution in [0.3, 0.4) is 0 Å². The molecule has 0 aromatic rings. The van der Waals surface area contributed by atoms with Gasteiger partial charge < -0.3 is 10.1 Å². The van der Waals surface area contributed by atoms with Crippen LogP contribution in [-0.4, -0.2) is 24.8 Å². The third-order valence-corrected chi connectivity index (χ3v) is 2.75. The van der Waals surface area contributed by atoms with Crippen LogP contribution in [-0.2, 0) is 4.74 Å². The van der Waals surface area contributed by atoms with E-state index in [1.54, 1.807) is 0 Å². The summed E-state index contributed by atoms with van der Waals surface area (Å²) in [7, 11) is 1.99. The maximum Gasteiger partial charge on any atom is 0.0623 e. The van der Waals surface area contributed by atoms with Crippen molar-refractivity contribution in [1.82, 2.24) is 5.32 Å². The molecule has 0 saturated carbocycles. The molecule has 0 aliphatic rings. The molecule has 0 aliphatic heterocycles. The molecular weight excluding hydrogens is 162 g/mol. The maximum absolute atomic E-state index is 5.78. The van der Waals surface area contributed by atoms with Gasteiger partial charge in [-0.1, -0.05) is 6.92 Å². The van der Waals surface area contributed by atoms with Gasteiger partial charge in [-0.05, 0) is 47.6 Å². The van der Waals surface area contributed by atoms with Gasteiger partial charge >= 0.3 is 0 Å². The molecule has 2 heteroatoms. The summed E-state index contributed by atoms with van der Waals surface area (Å²) in [5, 5.41) is 3.27. The van der Waals surface area contributed by atoms with E-state index in [2.05, 4.69) is 39.9 Å². The van der Waals surface area contributed by atoms with Crippen LogP contribution in [0.5, 0.6) is 0 Å². The standard InChI is InChI=1S/C11H25NO/c1-7-11(4,5)13-9-8-10(2,3)12-6/h12H,7-9H2,1-6H3. The van der Waals surface area contributed by atoms with Crippen molar-refractivity contribution < 1.29 is 4.74 Å². The molecule has 0 bridgehead atoms. The number of hydrogen-bond acceptors (Lipinski definition) is 2. The zero-order chi connectivity index (χ0) is 10.5. The normalized spacial score (nSPS) is 13.4. The molecule has 0 aromatic heterocycles. The lowest BCUT2D eigenvalue weighted by Crippen LogP contribution is -2.38. The largest absolute Gasteiger partial charge is 0.376 e. The summed E-state index contributed by atoms with van der Waals surface area (Å²) in [6, 6.07) is 0. The first-order valence-electron chi connectivity index (χ1n) is 5.16. The van der Waals surface area contributed by atoms with E-state index >= 15 is 0 Å². The highest BCUT2D eigenvalue weighted by molar-refractivity contribution is 4.75. The van der Waals surface area contributed by atoms with E-state index < -0.39 is 0 Å². The van der Waals surface area contributed by atoms with Crippen LogP contribution >= 0.6 is 0 Å². The summed E-state index contributed by atoms with van der Waals surface area (Å²) in [5.74, 6) is 0. The molecule has 0 saturated heterocycles. The topological polar surface area (TPSA) is 21.3 Å². The van der Waals surface area contributed by atoms with Gasteiger partial charge in [-0.2, -0.15) is 0 Å². The summed E-state index contributed by atoms with van der Waals surface area (Å²) in [4.78, 5) is 0. The lowest BCUT2D eigenvalue weighted by atomic mass is 10.0. The van der Waals surface area contributed by atoms with Gasteiger partial charge in [0.05, 0.1) is 5.60 Å². The average Bonchev–Trinajstić information content (AvgIpc) is 2.04. The second-order valence-corrected chi connectivity index (χ2v) is 4.85. The zero-order valence-corrected chi connectivity index (χ0v) is 10.0. The van der Waals surface area contributed by atoms with Gasteiger partial charge in [-0.15, -0.1) is 0 Å². The van der Waals surface area contributed by atoms with Gasteiger partial charge in [0.15, 0.2) is 0 Å². The van der Waals surface area contributed by atoms with Crippen molar-refractivity contribution in [2.45, 2.75) is 58.6 Å². The highest BCUT2D eigenvalue weighted by atomic mass is 16.5. The fourth-order valence-electron chi connectivity index (χ4n) is 0.810. The molecule has 0 aliphatic carbocycles. The second kappa shape index (κ2) is 4.97. The molecule has 1 N–H and O–H groups in total. The molecule has 0 aromatic carbocycles. The summed E-state index contributed by atoms with van der Waals surface area (Å²) in [6.07, 6.45) is 2.11. The highest BCUT2D eigenvalue weighted by Crippen LogP contribution is 2.16. The smallest absolute Gasteiger partial charge is 0.0623 e. The van der Waals surface area contributed by atoms with E-state index in [1.165, 1.54) is 0 Å². The van der Waals surface area contributed by atoms with Crippen molar-refractivity contribution in [2.24, 2.45) is 0 Å². The number of ether oxygens (including phenoxy) is 1. The number of rotatable bonds is 6. The molecule has 13 heavy (non-hydrogen) atoms. The molecular formula is C11H25NO. The van der Waals surface area contributed by atoms with Gasteiger partial charge in [0.1, 0.15) is 0 Å². The van der Waals surface area contributed by atoms with Crippen LogP contribution in [0.2, 0.25) is 0 Å². The predicted octanol–water partition coefficient (Wildman–Crippen LogP) is 2.58. The first-order chi connectivity index (χ1) is 5.83. The minimum absolute atomic E-state index is 0.0316. The van der Waals surface area contributed by atoms with E-state index in [1.807, 2.05) is 7.05 Å². The van der Waals surface area contributed by atoms with Crippen molar-refractivity contribution in [2.75, 3.05) is 13.7 Å². The molecule has 0 heterocycles. The molecule has 0 unspecified atom stereocenters. The Morgan fingerprint density at radius 2 is 1.69 bits per heavy atom. The van der Waals surface area contributed by atoms with E-state index in [0.29, 0.717) is 0 Å². The summed E-state index contributed by atoms with van der Waals surface area (Å²) >= 11 is 0. The van der Waals surface area contributed by atoms with Crippen LogP contribution in [0.15, 0.2) is 0 Å². The molecule has 0 rings (SSSR count). The Morgan fingerprint density at radius 1 is 1.15 bits per heavy atom. The Balaban J connectivity index is 3.68. The lowest BCUT2D eigenvalue weighted by Gasteiger charge is -2.28. The monoisotopic (exact) mass is 187 g/mol. The molecule has 2 nitrogen and oxygen atoms in total. The van der Waals surface area contributed by atoms with Crippen LogP contribution < -0.4 is 5.32 Å². The molecule has 0 atom stereocenters. The molecule has 0 fully saturated rings. The van der Waals surface area contributed by atoms with Gasteiger partial charge in [0.25, 0.3) is 0 Å². The Labute approximate surface area is 83.1 Å². The number of nitrogens with one attached hydrogen (secondary N) is 1. The first kappa shape index (κ1) is 12.9. The minimum atomic E-state index is 0.0316. The average molecular weight is 187 g/mol. The van der Waals surface area contributed by atoms with Crippen molar-refractivity contribution in [3.8, 4) is 0 Å². The van der Waals surface area contributed by atoms with Crippen molar-refractivity contribution in [3.05, 3.63) is 0 Å². The van der Waals surface area contributed by atoms with E-state index in [4.69, 9.17) is 4.74 Å². The lowest BCUT2D eigenvalue weighted by molar-refractivity contribution is -0.0272. The highest BCUT2D eigenvalue weighted by Gasteiger charge is 2.18. The summed E-state index contributed by atoms with van der Waals surface area (Å²) in [6.45, 7) is 11.6. The molecule has 0 spiro atoms. The quantitative estimate of drug-likeness (QED) is 0.690. The fraction of sp³-hybridized carbons (Fsp3) is 1.00. The Kier molecular flexibility index (Phi) is 4.93. The van der Waals surface area contributed by atoms with Crippen molar-refractivity contribution in [1.29, 1.82) is 0 Å². The number of hydrogen-bond donors (Lipinski definition) is 1. The minimum Gasteiger partial charge on any atom is -0.376 e. The van der Waals surface area contributed by atoms with E-state index in [9.17, 15) is 0 Å². The second-order valence-electron chi connectivity index (χ2n) is 4.85. The molecule has 0 radical (unpaired) electrons. The van der Waals surface area contributed by atoms with Gasteiger partial charge in [0.2, 0.25) is 0 Å². The predicted molar refractivity (Wildman–Crippen MR) is 58.1 cm³/mol. The van der Waals surface area contributed by atoms with Crippen LogP contribution in [0, 0.1) is 0 Å². The molecule has 80 valence electrons. The Hall–Kier alpha value is -0.0800. The third kappa shape index (κ3) is 6.05. The zero-order valence-electron chi connectivity index (χ0n) is 10.0. The van der Waals surface area contributed by atoms with Crippen LogP contribution in [0.25, 0.3) is 0 Å². The van der Waals surface area contributed by atoms with Crippen LogP contribution in [0.1, 0.15) is 47.5 Å². The Bertz CT molecular complexity index is 125. The van der Waals surface area contributed by atoms with Gasteiger partial charge in [0, 0.05) is 12.1 Å². The van der Waals surface area contributed by atoms with Crippen molar-refractivity contribution in [3.63, 3.8) is 0 Å². The fourth-order valence-corrected chi connectivity index (χ4v) is 0.810. The maximum atomic E-state index is 5.78. The van der Waals surface area contributed by atoms with Crippen LogP contribution in [0.4, 0.5) is 0 Å². The summed E-state index contributed by atoms with van der Waals surface area (Å²) in [5.41, 5.74) is 0.216. The molecule has 0 amide bonds. The summed E-state index contributed by atoms with van der Waals surface area (Å²) < 4.78 is 5.78. The van der Waals surface area contributed by atoms with E-state index in [0.717, 1.165) is 19.4 Å². The first-order valence-corrected chi connectivity index (χ1v) is 5.16. The Morgan fingerprint density at radius 3 is 2.08 bits per heavy atom. The van der Waals surface area contributed by atoms with Crippen molar-refractivity contribution >= 4 is 0 Å². The SMILES string of the molecule is CCC(C)(C)OCCC(C)(C)NC. The van der Waals surface area contributed by atoms with E-state index in [-0.39, 0.29) is 11.1 Å². The third-order valence-electron chi connectivity index (χ3n) is 2.75.